The fourth-order valence-corrected chi connectivity index (χ4v) is 2.31. The van der Waals surface area contributed by atoms with Crippen molar-refractivity contribution in [2.24, 2.45) is 4.99 Å². The molecule has 7 heteroatoms. The van der Waals surface area contributed by atoms with Crippen LogP contribution in [0.2, 0.25) is 0 Å². The van der Waals surface area contributed by atoms with Crippen LogP contribution in [0.1, 0.15) is 49.2 Å². The maximum absolute atomic E-state index is 5.84. The molecule has 0 saturated carbocycles. The monoisotopic (exact) mass is 486 g/mol. The van der Waals surface area contributed by atoms with Gasteiger partial charge in [-0.25, -0.2) is 4.98 Å². The van der Waals surface area contributed by atoms with E-state index in [1.165, 1.54) is 5.56 Å². The average Bonchev–Trinajstić information content (AvgIpc) is 2.91. The Balaban J connectivity index is 0.00000364. The summed E-state index contributed by atoms with van der Waals surface area (Å²) >= 11 is 0. The predicted octanol–water partition coefficient (Wildman–Crippen LogP) is 4.09. The number of hydrogen-bond donors (Lipinski definition) is 2. The van der Waals surface area contributed by atoms with Crippen LogP contribution in [0.5, 0.6) is 0 Å². The quantitative estimate of drug-likeness (QED) is 0.366. The highest BCUT2D eigenvalue weighted by Crippen LogP contribution is 2.13. The number of rotatable bonds is 6. The molecule has 27 heavy (non-hydrogen) atoms. The minimum atomic E-state index is -0.142. The topological polar surface area (TPSA) is 71.7 Å². The van der Waals surface area contributed by atoms with Crippen molar-refractivity contribution >= 4 is 29.9 Å². The summed E-state index contributed by atoms with van der Waals surface area (Å²) in [6, 6.07) is 8.36. The van der Waals surface area contributed by atoms with Gasteiger partial charge in [0.05, 0.1) is 24.4 Å². The van der Waals surface area contributed by atoms with Crippen molar-refractivity contribution in [3.8, 4) is 0 Å². The lowest BCUT2D eigenvalue weighted by molar-refractivity contribution is -0.0149. The molecule has 6 nitrogen and oxygen atoms in total. The Morgan fingerprint density at radius 3 is 2.41 bits per heavy atom. The minimum absolute atomic E-state index is 0. The Labute approximate surface area is 179 Å². The zero-order valence-corrected chi connectivity index (χ0v) is 19.4. The Hall–Kier alpha value is -1.61. The molecule has 0 atom stereocenters. The van der Waals surface area contributed by atoms with Gasteiger partial charge in [-0.2, -0.15) is 0 Å². The summed E-state index contributed by atoms with van der Waals surface area (Å²) in [5.74, 6) is 2.21. The highest BCUT2D eigenvalue weighted by Gasteiger charge is 2.10. The van der Waals surface area contributed by atoms with Crippen LogP contribution >= 0.6 is 24.0 Å². The molecular weight excluding hydrogens is 455 g/mol. The predicted molar refractivity (Wildman–Crippen MR) is 119 cm³/mol. The Morgan fingerprint density at radius 1 is 1.15 bits per heavy atom. The fourth-order valence-electron chi connectivity index (χ4n) is 2.31. The molecule has 0 saturated heterocycles. The second kappa shape index (κ2) is 10.7. The zero-order valence-electron chi connectivity index (χ0n) is 17.0. The Morgan fingerprint density at radius 2 is 1.81 bits per heavy atom. The normalized spacial score (nSPS) is 11.9. The largest absolute Gasteiger partial charge is 0.444 e. The van der Waals surface area contributed by atoms with Gasteiger partial charge in [-0.15, -0.1) is 24.0 Å². The van der Waals surface area contributed by atoms with Crippen molar-refractivity contribution in [1.29, 1.82) is 0 Å². The van der Waals surface area contributed by atoms with E-state index in [-0.39, 0.29) is 29.6 Å². The van der Waals surface area contributed by atoms with E-state index in [0.29, 0.717) is 31.5 Å². The fraction of sp³-hybridized carbons (Fsp3) is 0.500. The number of ether oxygens (including phenoxy) is 1. The molecule has 0 spiro atoms. The molecular formula is C20H31IN4O2. The molecule has 1 aromatic heterocycles. The third-order valence-electron chi connectivity index (χ3n) is 3.83. The third-order valence-corrected chi connectivity index (χ3v) is 3.83. The SMILES string of the molecule is CN=C(NCc1cccc(COC(C)(C)C)c1)NCc1nc(C)c(C)o1.I. The molecule has 2 rings (SSSR count). The van der Waals surface area contributed by atoms with Crippen molar-refractivity contribution in [2.45, 2.75) is 59.9 Å². The van der Waals surface area contributed by atoms with Crippen LogP contribution < -0.4 is 10.6 Å². The Bertz CT molecular complexity index is 731. The van der Waals surface area contributed by atoms with E-state index in [1.54, 1.807) is 7.05 Å². The molecule has 0 radical (unpaired) electrons. The molecule has 0 amide bonds. The van der Waals surface area contributed by atoms with E-state index in [2.05, 4.69) is 59.6 Å². The summed E-state index contributed by atoms with van der Waals surface area (Å²) in [5.41, 5.74) is 3.11. The number of guanidine groups is 1. The number of aromatic nitrogens is 1. The lowest BCUT2D eigenvalue weighted by Gasteiger charge is -2.19. The molecule has 0 aliphatic rings. The van der Waals surface area contributed by atoms with Crippen LogP contribution in [0.4, 0.5) is 0 Å². The van der Waals surface area contributed by atoms with E-state index in [4.69, 9.17) is 9.15 Å². The zero-order chi connectivity index (χ0) is 19.2. The molecule has 0 bridgehead atoms. The van der Waals surface area contributed by atoms with Gasteiger partial charge < -0.3 is 19.8 Å². The number of benzene rings is 1. The van der Waals surface area contributed by atoms with Gasteiger partial charge >= 0.3 is 0 Å². The first-order chi connectivity index (χ1) is 12.3. The van der Waals surface area contributed by atoms with Gasteiger partial charge in [0.25, 0.3) is 0 Å². The van der Waals surface area contributed by atoms with Crippen LogP contribution in [0.15, 0.2) is 33.7 Å². The van der Waals surface area contributed by atoms with Crippen molar-refractivity contribution in [3.05, 3.63) is 52.7 Å². The number of nitrogens with one attached hydrogen (secondary N) is 2. The summed E-state index contributed by atoms with van der Waals surface area (Å²) in [7, 11) is 1.75. The molecule has 0 aliphatic heterocycles. The van der Waals surface area contributed by atoms with Gasteiger partial charge in [0.2, 0.25) is 5.89 Å². The molecule has 2 N–H and O–H groups in total. The molecule has 0 fully saturated rings. The van der Waals surface area contributed by atoms with Crippen molar-refractivity contribution in [3.63, 3.8) is 0 Å². The number of hydrogen-bond acceptors (Lipinski definition) is 4. The van der Waals surface area contributed by atoms with Crippen LogP contribution in [0.3, 0.4) is 0 Å². The van der Waals surface area contributed by atoms with Crippen molar-refractivity contribution < 1.29 is 9.15 Å². The summed E-state index contributed by atoms with van der Waals surface area (Å²) in [5, 5.41) is 6.52. The van der Waals surface area contributed by atoms with Crippen LogP contribution in [-0.2, 0) is 24.4 Å². The lowest BCUT2D eigenvalue weighted by atomic mass is 10.1. The summed E-state index contributed by atoms with van der Waals surface area (Å²) in [6.45, 7) is 11.8. The van der Waals surface area contributed by atoms with Crippen LogP contribution in [0, 0.1) is 13.8 Å². The minimum Gasteiger partial charge on any atom is -0.444 e. The van der Waals surface area contributed by atoms with E-state index in [9.17, 15) is 0 Å². The summed E-state index contributed by atoms with van der Waals surface area (Å²) < 4.78 is 11.4. The van der Waals surface area contributed by atoms with Gasteiger partial charge in [0.15, 0.2) is 5.96 Å². The number of aliphatic imine (C=N–C) groups is 1. The first-order valence-corrected chi connectivity index (χ1v) is 8.86. The maximum Gasteiger partial charge on any atom is 0.214 e. The van der Waals surface area contributed by atoms with Crippen molar-refractivity contribution in [2.75, 3.05) is 7.05 Å². The van der Waals surface area contributed by atoms with Gasteiger partial charge in [-0.05, 0) is 45.7 Å². The molecule has 150 valence electrons. The maximum atomic E-state index is 5.84. The number of aryl methyl sites for hydroxylation is 2. The molecule has 1 aromatic carbocycles. The molecule has 2 aromatic rings. The van der Waals surface area contributed by atoms with Gasteiger partial charge in [-0.3, -0.25) is 4.99 Å². The number of halogens is 1. The highest BCUT2D eigenvalue weighted by molar-refractivity contribution is 14.0. The lowest BCUT2D eigenvalue weighted by Crippen LogP contribution is -2.36. The summed E-state index contributed by atoms with van der Waals surface area (Å²) in [4.78, 5) is 8.60. The number of nitrogens with zero attached hydrogens (tertiary/aromatic N) is 2. The molecule has 0 unspecified atom stereocenters. The van der Waals surface area contributed by atoms with E-state index in [1.807, 2.05) is 19.9 Å². The van der Waals surface area contributed by atoms with E-state index in [0.717, 1.165) is 17.0 Å². The second-order valence-electron chi connectivity index (χ2n) is 7.25. The van der Waals surface area contributed by atoms with Gasteiger partial charge in [0, 0.05) is 13.6 Å². The smallest absolute Gasteiger partial charge is 0.214 e. The average molecular weight is 486 g/mol. The van der Waals surface area contributed by atoms with E-state index < -0.39 is 0 Å². The van der Waals surface area contributed by atoms with Gasteiger partial charge in [-0.1, -0.05) is 24.3 Å². The van der Waals surface area contributed by atoms with E-state index >= 15 is 0 Å². The third kappa shape index (κ3) is 8.30. The van der Waals surface area contributed by atoms with Gasteiger partial charge in [0.1, 0.15) is 5.76 Å². The molecule has 1 heterocycles. The van der Waals surface area contributed by atoms with Crippen LogP contribution in [0.25, 0.3) is 0 Å². The first-order valence-electron chi connectivity index (χ1n) is 8.86. The van der Waals surface area contributed by atoms with Crippen LogP contribution in [-0.4, -0.2) is 23.6 Å². The second-order valence-corrected chi connectivity index (χ2v) is 7.25. The first kappa shape index (κ1) is 23.4. The standard InChI is InChI=1S/C20H30N4O2.HI/c1-14-15(2)26-18(24-14)12-23-19(21-6)22-11-16-8-7-9-17(10-16)13-25-20(3,4)5;/h7-10H,11-13H2,1-6H3,(H2,21,22,23);1H. The van der Waals surface area contributed by atoms with Crippen molar-refractivity contribution in [1.82, 2.24) is 15.6 Å². The summed E-state index contributed by atoms with van der Waals surface area (Å²) in [6.07, 6.45) is 0. The molecule has 0 aliphatic carbocycles. The number of oxazole rings is 1. The highest BCUT2D eigenvalue weighted by atomic mass is 127. The Kier molecular flexibility index (Phi) is 9.25.